The third-order valence-corrected chi connectivity index (χ3v) is 2.82. The summed E-state index contributed by atoms with van der Waals surface area (Å²) in [5, 5.41) is 16.8. The number of hydrogen-bond donors (Lipinski definition) is 1. The number of aromatic nitrogens is 3. The Hall–Kier alpha value is -1.59. The summed E-state index contributed by atoms with van der Waals surface area (Å²) in [6, 6.07) is 0. The normalized spacial score (nSPS) is 15.7. The van der Waals surface area contributed by atoms with Gasteiger partial charge in [0.2, 0.25) is 5.95 Å². The van der Waals surface area contributed by atoms with Crippen LogP contribution in [0.5, 0.6) is 0 Å². The van der Waals surface area contributed by atoms with Crippen LogP contribution in [0.3, 0.4) is 0 Å². The van der Waals surface area contributed by atoms with Gasteiger partial charge in [-0.15, -0.1) is 10.2 Å². The summed E-state index contributed by atoms with van der Waals surface area (Å²) in [7, 11) is 0. The molecule has 0 saturated carbocycles. The molecule has 1 N–H and O–H groups in total. The number of carboxylic acids is 1. The molecule has 16 heavy (non-hydrogen) atoms. The highest BCUT2D eigenvalue weighted by atomic mass is 16.4. The van der Waals surface area contributed by atoms with Crippen LogP contribution in [-0.2, 0) is 17.8 Å². The number of nitrogens with zero attached hydrogens (tertiary/aromatic N) is 4. The summed E-state index contributed by atoms with van der Waals surface area (Å²) in [6.07, 6.45) is 2.28. The van der Waals surface area contributed by atoms with E-state index in [1.807, 2.05) is 11.5 Å². The summed E-state index contributed by atoms with van der Waals surface area (Å²) < 4.78 is 1.89. The van der Waals surface area contributed by atoms with Gasteiger partial charge in [0.05, 0.1) is 0 Å². The minimum atomic E-state index is -0.866. The Morgan fingerprint density at radius 3 is 2.62 bits per heavy atom. The Balaban J connectivity index is 2.24. The molecular weight excluding hydrogens is 208 g/mol. The fourth-order valence-corrected chi connectivity index (χ4v) is 2.07. The molecule has 6 nitrogen and oxygen atoms in total. The molecule has 0 bridgehead atoms. The van der Waals surface area contributed by atoms with E-state index >= 15 is 0 Å². The molecule has 88 valence electrons. The molecule has 1 saturated heterocycles. The Morgan fingerprint density at radius 1 is 1.38 bits per heavy atom. The lowest BCUT2D eigenvalue weighted by atomic mass is 10.4. The monoisotopic (exact) mass is 224 g/mol. The van der Waals surface area contributed by atoms with E-state index in [-0.39, 0.29) is 6.42 Å². The van der Waals surface area contributed by atoms with Gasteiger partial charge in [-0.25, -0.2) is 0 Å². The predicted octanol–water partition coefficient (Wildman–Crippen LogP) is 0.525. The van der Waals surface area contributed by atoms with E-state index in [9.17, 15) is 4.79 Å². The van der Waals surface area contributed by atoms with Crippen LogP contribution in [0.25, 0.3) is 0 Å². The molecule has 2 heterocycles. The number of anilines is 1. The molecule has 1 aromatic rings. The van der Waals surface area contributed by atoms with E-state index in [1.165, 1.54) is 12.8 Å². The fraction of sp³-hybridized carbons (Fsp3) is 0.700. The summed E-state index contributed by atoms with van der Waals surface area (Å²) >= 11 is 0. The summed E-state index contributed by atoms with van der Waals surface area (Å²) in [4.78, 5) is 12.8. The van der Waals surface area contributed by atoms with Crippen LogP contribution in [0.4, 0.5) is 5.95 Å². The first kappa shape index (κ1) is 10.9. The van der Waals surface area contributed by atoms with E-state index in [0.717, 1.165) is 19.0 Å². The van der Waals surface area contributed by atoms with Crippen LogP contribution >= 0.6 is 0 Å². The number of carbonyl (C=O) groups is 1. The molecule has 1 aromatic heterocycles. The Bertz CT molecular complexity index is 382. The smallest absolute Gasteiger partial charge is 0.311 e. The van der Waals surface area contributed by atoms with Crippen LogP contribution in [0.1, 0.15) is 25.6 Å². The van der Waals surface area contributed by atoms with Crippen LogP contribution in [0, 0.1) is 0 Å². The molecule has 0 atom stereocenters. The average molecular weight is 224 g/mol. The molecule has 6 heteroatoms. The molecular formula is C10H16N4O2. The fourth-order valence-electron chi connectivity index (χ4n) is 2.07. The number of carboxylic acid groups (broad SMARTS) is 1. The lowest BCUT2D eigenvalue weighted by Crippen LogP contribution is -2.22. The molecule has 0 radical (unpaired) electrons. The number of hydrogen-bond acceptors (Lipinski definition) is 4. The lowest BCUT2D eigenvalue weighted by Gasteiger charge is -2.17. The van der Waals surface area contributed by atoms with Crippen molar-refractivity contribution in [1.82, 2.24) is 14.8 Å². The topological polar surface area (TPSA) is 71.2 Å². The quantitative estimate of drug-likeness (QED) is 0.807. The van der Waals surface area contributed by atoms with Crippen LogP contribution in [-0.4, -0.2) is 38.9 Å². The minimum Gasteiger partial charge on any atom is -0.481 e. The first-order valence-electron chi connectivity index (χ1n) is 5.61. The summed E-state index contributed by atoms with van der Waals surface area (Å²) in [5.74, 6) is 0.489. The third kappa shape index (κ3) is 2.00. The molecule has 1 fully saturated rings. The maximum Gasteiger partial charge on any atom is 0.311 e. The summed E-state index contributed by atoms with van der Waals surface area (Å²) in [5.41, 5.74) is 0. The van der Waals surface area contributed by atoms with Gasteiger partial charge in [0.25, 0.3) is 0 Å². The Morgan fingerprint density at radius 2 is 2.06 bits per heavy atom. The van der Waals surface area contributed by atoms with Crippen molar-refractivity contribution in [2.45, 2.75) is 32.7 Å². The van der Waals surface area contributed by atoms with Crippen molar-refractivity contribution < 1.29 is 9.90 Å². The van der Waals surface area contributed by atoms with Gasteiger partial charge in [-0.05, 0) is 19.8 Å². The van der Waals surface area contributed by atoms with Gasteiger partial charge in [-0.2, -0.15) is 0 Å². The van der Waals surface area contributed by atoms with Gasteiger partial charge >= 0.3 is 5.97 Å². The van der Waals surface area contributed by atoms with Gasteiger partial charge < -0.3 is 10.0 Å². The molecule has 0 aromatic carbocycles. The highest BCUT2D eigenvalue weighted by Gasteiger charge is 2.20. The highest BCUT2D eigenvalue weighted by Crippen LogP contribution is 2.19. The largest absolute Gasteiger partial charge is 0.481 e. The highest BCUT2D eigenvalue weighted by molar-refractivity contribution is 5.69. The zero-order valence-corrected chi connectivity index (χ0v) is 9.39. The van der Waals surface area contributed by atoms with Crippen molar-refractivity contribution in [3.8, 4) is 0 Å². The predicted molar refractivity (Wildman–Crippen MR) is 58.5 cm³/mol. The molecule has 1 aliphatic heterocycles. The SMILES string of the molecule is CCn1c(CC(=O)O)nnc1N1CCCC1. The van der Waals surface area contributed by atoms with Crippen molar-refractivity contribution in [3.63, 3.8) is 0 Å². The van der Waals surface area contributed by atoms with Crippen molar-refractivity contribution in [2.75, 3.05) is 18.0 Å². The second-order valence-electron chi connectivity index (χ2n) is 3.93. The average Bonchev–Trinajstić information content (AvgIpc) is 2.84. The molecule has 1 aliphatic rings. The van der Waals surface area contributed by atoms with Crippen molar-refractivity contribution in [3.05, 3.63) is 5.82 Å². The first-order chi connectivity index (χ1) is 7.72. The Labute approximate surface area is 93.9 Å². The molecule has 0 aliphatic carbocycles. The van der Waals surface area contributed by atoms with Crippen molar-refractivity contribution in [1.29, 1.82) is 0 Å². The summed E-state index contributed by atoms with van der Waals surface area (Å²) in [6.45, 7) is 4.67. The van der Waals surface area contributed by atoms with Gasteiger partial charge in [-0.1, -0.05) is 0 Å². The van der Waals surface area contributed by atoms with Crippen LogP contribution in [0.2, 0.25) is 0 Å². The van der Waals surface area contributed by atoms with Crippen molar-refractivity contribution in [2.24, 2.45) is 0 Å². The number of rotatable bonds is 4. The van der Waals surface area contributed by atoms with Crippen LogP contribution < -0.4 is 4.90 Å². The van der Waals surface area contributed by atoms with Gasteiger partial charge in [0.15, 0.2) is 0 Å². The van der Waals surface area contributed by atoms with Crippen molar-refractivity contribution >= 4 is 11.9 Å². The maximum absolute atomic E-state index is 10.7. The maximum atomic E-state index is 10.7. The van der Waals surface area contributed by atoms with Gasteiger partial charge in [0, 0.05) is 19.6 Å². The van der Waals surface area contributed by atoms with E-state index in [2.05, 4.69) is 15.1 Å². The van der Waals surface area contributed by atoms with Crippen LogP contribution in [0.15, 0.2) is 0 Å². The second-order valence-corrected chi connectivity index (χ2v) is 3.93. The molecule has 2 rings (SSSR count). The molecule has 0 spiro atoms. The third-order valence-electron chi connectivity index (χ3n) is 2.82. The van der Waals surface area contributed by atoms with E-state index in [1.54, 1.807) is 0 Å². The van der Waals surface area contributed by atoms with E-state index in [4.69, 9.17) is 5.11 Å². The lowest BCUT2D eigenvalue weighted by molar-refractivity contribution is -0.136. The molecule has 0 unspecified atom stereocenters. The Kier molecular flexibility index (Phi) is 3.07. The standard InChI is InChI=1S/C10H16N4O2/c1-2-14-8(7-9(15)16)11-12-10(14)13-5-3-4-6-13/h2-7H2,1H3,(H,15,16). The first-order valence-corrected chi connectivity index (χ1v) is 5.61. The van der Waals surface area contributed by atoms with E-state index in [0.29, 0.717) is 12.4 Å². The second kappa shape index (κ2) is 4.51. The minimum absolute atomic E-state index is 0.0608. The number of aliphatic carboxylic acids is 1. The van der Waals surface area contributed by atoms with E-state index < -0.39 is 5.97 Å². The van der Waals surface area contributed by atoms with Gasteiger partial charge in [-0.3, -0.25) is 9.36 Å². The zero-order valence-electron chi connectivity index (χ0n) is 9.39. The van der Waals surface area contributed by atoms with Gasteiger partial charge in [0.1, 0.15) is 12.2 Å². The zero-order chi connectivity index (χ0) is 11.5. The molecule has 0 amide bonds.